The predicted molar refractivity (Wildman–Crippen MR) is 91.8 cm³/mol. The zero-order chi connectivity index (χ0) is 16.9. The molecule has 0 atom stereocenters. The fourth-order valence-electron chi connectivity index (χ4n) is 1.93. The van der Waals surface area contributed by atoms with Gasteiger partial charge in [0.25, 0.3) is 0 Å². The number of pyridine rings is 1. The first-order valence-electron chi connectivity index (χ1n) is 7.18. The molecule has 23 heavy (non-hydrogen) atoms. The Labute approximate surface area is 143 Å². The van der Waals surface area contributed by atoms with Crippen LogP contribution in [0, 0.1) is 0 Å². The van der Waals surface area contributed by atoms with Gasteiger partial charge in [-0.05, 0) is 59.6 Å². The molecular formula is C17H19BrN2O3. The molecule has 2 rings (SSSR count). The second-order valence-electron chi connectivity index (χ2n) is 5.82. The van der Waals surface area contributed by atoms with Crippen LogP contribution in [0.15, 0.2) is 47.1 Å². The van der Waals surface area contributed by atoms with Gasteiger partial charge in [0.2, 0.25) is 5.88 Å². The summed E-state index contributed by atoms with van der Waals surface area (Å²) in [5, 5.41) is 12.4. The number of benzene rings is 1. The van der Waals surface area contributed by atoms with E-state index in [1.165, 1.54) is 0 Å². The van der Waals surface area contributed by atoms with Crippen molar-refractivity contribution in [2.24, 2.45) is 0 Å². The molecule has 1 heterocycles. The number of halogens is 1. The van der Waals surface area contributed by atoms with Gasteiger partial charge in [-0.1, -0.05) is 12.1 Å². The lowest BCUT2D eigenvalue weighted by atomic mass is 10.1. The fourth-order valence-corrected chi connectivity index (χ4v) is 2.30. The normalized spacial score (nSPS) is 11.3. The lowest BCUT2D eigenvalue weighted by Gasteiger charge is -2.26. The first kappa shape index (κ1) is 17.4. The monoisotopic (exact) mass is 378 g/mol. The number of rotatable bonds is 7. The summed E-state index contributed by atoms with van der Waals surface area (Å²) in [6.07, 6.45) is 1.68. The SMILES string of the molecule is CC(C)(COc1ncccc1Br)NCc1cccc(C(=O)O)c1. The smallest absolute Gasteiger partial charge is 0.335 e. The maximum absolute atomic E-state index is 11.0. The molecule has 0 saturated carbocycles. The van der Waals surface area contributed by atoms with E-state index in [-0.39, 0.29) is 11.1 Å². The van der Waals surface area contributed by atoms with E-state index in [2.05, 4.69) is 26.2 Å². The Morgan fingerprint density at radius 1 is 1.35 bits per heavy atom. The van der Waals surface area contributed by atoms with Crippen LogP contribution in [0.25, 0.3) is 0 Å². The van der Waals surface area contributed by atoms with Crippen molar-refractivity contribution in [1.29, 1.82) is 0 Å². The van der Waals surface area contributed by atoms with Crippen molar-refractivity contribution in [3.63, 3.8) is 0 Å². The highest BCUT2D eigenvalue weighted by molar-refractivity contribution is 9.10. The molecule has 2 N–H and O–H groups in total. The van der Waals surface area contributed by atoms with Crippen LogP contribution in [-0.2, 0) is 6.54 Å². The summed E-state index contributed by atoms with van der Waals surface area (Å²) in [5.74, 6) is -0.371. The van der Waals surface area contributed by atoms with Gasteiger partial charge in [-0.15, -0.1) is 0 Å². The summed E-state index contributed by atoms with van der Waals surface area (Å²) < 4.78 is 6.55. The Hall–Kier alpha value is -1.92. The first-order valence-corrected chi connectivity index (χ1v) is 7.97. The highest BCUT2D eigenvalue weighted by Gasteiger charge is 2.19. The lowest BCUT2D eigenvalue weighted by molar-refractivity contribution is 0.0696. The average molecular weight is 379 g/mol. The van der Waals surface area contributed by atoms with Crippen molar-refractivity contribution in [3.8, 4) is 5.88 Å². The Balaban J connectivity index is 1.92. The van der Waals surface area contributed by atoms with Gasteiger partial charge >= 0.3 is 5.97 Å². The van der Waals surface area contributed by atoms with Crippen molar-refractivity contribution in [2.75, 3.05) is 6.61 Å². The van der Waals surface area contributed by atoms with Gasteiger partial charge in [-0.3, -0.25) is 0 Å². The summed E-state index contributed by atoms with van der Waals surface area (Å²) in [7, 11) is 0. The van der Waals surface area contributed by atoms with Crippen LogP contribution in [0.4, 0.5) is 0 Å². The number of carboxylic acid groups (broad SMARTS) is 1. The van der Waals surface area contributed by atoms with E-state index in [9.17, 15) is 4.79 Å². The first-order chi connectivity index (χ1) is 10.9. The molecule has 5 nitrogen and oxygen atoms in total. The minimum absolute atomic E-state index is 0.288. The van der Waals surface area contributed by atoms with E-state index in [1.54, 1.807) is 24.4 Å². The number of nitrogens with one attached hydrogen (secondary N) is 1. The van der Waals surface area contributed by atoms with Crippen molar-refractivity contribution in [1.82, 2.24) is 10.3 Å². The van der Waals surface area contributed by atoms with E-state index in [0.29, 0.717) is 19.0 Å². The maximum Gasteiger partial charge on any atom is 0.335 e. The van der Waals surface area contributed by atoms with Gasteiger partial charge in [-0.2, -0.15) is 0 Å². The summed E-state index contributed by atoms with van der Waals surface area (Å²) in [5.41, 5.74) is 0.906. The van der Waals surface area contributed by atoms with Gasteiger partial charge in [0.15, 0.2) is 0 Å². The number of aromatic carboxylic acids is 1. The summed E-state index contributed by atoms with van der Waals surface area (Å²) in [6.45, 7) is 5.03. The summed E-state index contributed by atoms with van der Waals surface area (Å²) >= 11 is 3.40. The van der Waals surface area contributed by atoms with E-state index in [4.69, 9.17) is 9.84 Å². The molecule has 0 spiro atoms. The highest BCUT2D eigenvalue weighted by atomic mass is 79.9. The molecule has 0 amide bonds. The lowest BCUT2D eigenvalue weighted by Crippen LogP contribution is -2.44. The molecule has 0 aliphatic rings. The second-order valence-corrected chi connectivity index (χ2v) is 6.68. The number of ether oxygens (including phenoxy) is 1. The predicted octanol–water partition coefficient (Wildman–Crippen LogP) is 3.49. The Morgan fingerprint density at radius 2 is 2.13 bits per heavy atom. The van der Waals surface area contributed by atoms with Crippen molar-refractivity contribution < 1.29 is 14.6 Å². The van der Waals surface area contributed by atoms with Gasteiger partial charge in [0.1, 0.15) is 6.61 Å². The zero-order valence-corrected chi connectivity index (χ0v) is 14.6. The summed E-state index contributed by atoms with van der Waals surface area (Å²) in [4.78, 5) is 15.2. The number of hydrogen-bond acceptors (Lipinski definition) is 4. The Bertz CT molecular complexity index is 689. The van der Waals surface area contributed by atoms with Gasteiger partial charge < -0.3 is 15.2 Å². The molecule has 2 aromatic rings. The molecule has 0 radical (unpaired) electrons. The average Bonchev–Trinajstić information content (AvgIpc) is 2.53. The molecule has 0 bridgehead atoms. The molecule has 0 fully saturated rings. The van der Waals surface area contributed by atoms with Gasteiger partial charge in [-0.25, -0.2) is 9.78 Å². The van der Waals surface area contributed by atoms with E-state index in [1.807, 2.05) is 32.0 Å². The number of nitrogens with zero attached hydrogens (tertiary/aromatic N) is 1. The molecule has 0 unspecified atom stereocenters. The Morgan fingerprint density at radius 3 is 2.83 bits per heavy atom. The molecule has 1 aromatic heterocycles. The molecule has 1 aromatic carbocycles. The molecule has 6 heteroatoms. The van der Waals surface area contributed by atoms with Crippen molar-refractivity contribution in [3.05, 3.63) is 58.2 Å². The second kappa shape index (κ2) is 7.57. The molecule has 0 aliphatic heterocycles. The molecule has 0 saturated heterocycles. The quantitative estimate of drug-likeness (QED) is 0.771. The Kier molecular flexibility index (Phi) is 5.74. The van der Waals surface area contributed by atoms with Crippen molar-refractivity contribution in [2.45, 2.75) is 25.9 Å². The van der Waals surface area contributed by atoms with E-state index in [0.717, 1.165) is 10.0 Å². The van der Waals surface area contributed by atoms with Gasteiger partial charge in [0, 0.05) is 18.3 Å². The zero-order valence-electron chi connectivity index (χ0n) is 13.0. The number of carboxylic acids is 1. The third kappa shape index (κ3) is 5.33. The van der Waals surface area contributed by atoms with Crippen LogP contribution >= 0.6 is 15.9 Å². The van der Waals surface area contributed by atoms with Crippen LogP contribution in [-0.4, -0.2) is 28.2 Å². The molecule has 122 valence electrons. The van der Waals surface area contributed by atoms with Crippen LogP contribution < -0.4 is 10.1 Å². The molecular weight excluding hydrogens is 360 g/mol. The minimum Gasteiger partial charge on any atom is -0.478 e. The summed E-state index contributed by atoms with van der Waals surface area (Å²) in [6, 6.07) is 10.6. The highest BCUT2D eigenvalue weighted by Crippen LogP contribution is 2.21. The number of carbonyl (C=O) groups is 1. The minimum atomic E-state index is -0.922. The fraction of sp³-hybridized carbons (Fsp3) is 0.294. The van der Waals surface area contributed by atoms with Crippen LogP contribution in [0.1, 0.15) is 29.8 Å². The number of aromatic nitrogens is 1. The maximum atomic E-state index is 11.0. The third-order valence-electron chi connectivity index (χ3n) is 3.24. The van der Waals surface area contributed by atoms with E-state index < -0.39 is 5.97 Å². The molecule has 0 aliphatic carbocycles. The third-order valence-corrected chi connectivity index (χ3v) is 3.84. The standard InChI is InChI=1S/C17H19BrN2O3/c1-17(2,11-23-15-14(18)7-4-8-19-15)20-10-12-5-3-6-13(9-12)16(21)22/h3-9,20H,10-11H2,1-2H3,(H,21,22). The number of hydrogen-bond donors (Lipinski definition) is 2. The van der Waals surface area contributed by atoms with Crippen LogP contribution in [0.3, 0.4) is 0 Å². The van der Waals surface area contributed by atoms with Gasteiger partial charge in [0.05, 0.1) is 10.0 Å². The topological polar surface area (TPSA) is 71.5 Å². The van der Waals surface area contributed by atoms with Crippen LogP contribution in [0.5, 0.6) is 5.88 Å². The van der Waals surface area contributed by atoms with E-state index >= 15 is 0 Å². The van der Waals surface area contributed by atoms with Crippen LogP contribution in [0.2, 0.25) is 0 Å². The van der Waals surface area contributed by atoms with Crippen molar-refractivity contribution >= 4 is 21.9 Å². The largest absolute Gasteiger partial charge is 0.478 e.